The lowest BCUT2D eigenvalue weighted by Crippen LogP contribution is -2.70. The molecule has 0 spiro atoms. The molecule has 4 aliphatic rings. The van der Waals surface area contributed by atoms with Gasteiger partial charge in [0.05, 0.1) is 6.10 Å². The summed E-state index contributed by atoms with van der Waals surface area (Å²) in [6, 6.07) is 0. The summed E-state index contributed by atoms with van der Waals surface area (Å²) in [4.78, 5) is 37.0. The van der Waals surface area contributed by atoms with Crippen molar-refractivity contribution in [3.8, 4) is 0 Å². The fourth-order valence-corrected chi connectivity index (χ4v) is 7.94. The van der Waals surface area contributed by atoms with Gasteiger partial charge in [0.2, 0.25) is 0 Å². The summed E-state index contributed by atoms with van der Waals surface area (Å²) in [7, 11) is 0. The Labute approximate surface area is 177 Å². The molecule has 3 fully saturated rings. The van der Waals surface area contributed by atoms with Crippen molar-refractivity contribution >= 4 is 17.5 Å². The summed E-state index contributed by atoms with van der Waals surface area (Å²) in [5.74, 6) is -1.65. The molecule has 3 saturated carbocycles. The van der Waals surface area contributed by atoms with Gasteiger partial charge in [-0.1, -0.05) is 26.3 Å². The van der Waals surface area contributed by atoms with E-state index in [1.165, 1.54) is 13.8 Å². The number of allylic oxidation sites excluding steroid dienone is 1. The third-order valence-corrected chi connectivity index (χ3v) is 9.36. The molecule has 0 aliphatic heterocycles. The molecule has 0 aromatic rings. The highest BCUT2D eigenvalue weighted by atomic mass is 19.1. The van der Waals surface area contributed by atoms with Gasteiger partial charge < -0.3 is 9.84 Å². The lowest BCUT2D eigenvalue weighted by Gasteiger charge is -2.64. The second kappa shape index (κ2) is 6.47. The van der Waals surface area contributed by atoms with E-state index in [1.54, 1.807) is 6.08 Å². The topological polar surface area (TPSA) is 80.7 Å². The minimum absolute atomic E-state index is 0.0333. The Morgan fingerprint density at radius 1 is 1.17 bits per heavy atom. The maximum atomic E-state index is 17.2. The Balaban J connectivity index is 1.82. The number of carbonyl (C=O) groups is 3. The highest BCUT2D eigenvalue weighted by Crippen LogP contribution is 2.71. The van der Waals surface area contributed by atoms with Crippen LogP contribution in [0.5, 0.6) is 0 Å². The smallest absolute Gasteiger partial charge is 0.303 e. The van der Waals surface area contributed by atoms with Gasteiger partial charge in [0.1, 0.15) is 5.67 Å². The zero-order valence-corrected chi connectivity index (χ0v) is 18.6. The van der Waals surface area contributed by atoms with Crippen molar-refractivity contribution < 1.29 is 28.6 Å². The second-order valence-electron chi connectivity index (χ2n) is 10.7. The predicted octanol–water partition coefficient (Wildman–Crippen LogP) is 3.72. The van der Waals surface area contributed by atoms with E-state index < -0.39 is 40.1 Å². The van der Waals surface area contributed by atoms with E-state index in [0.717, 1.165) is 5.57 Å². The van der Waals surface area contributed by atoms with E-state index in [4.69, 9.17) is 4.74 Å². The van der Waals surface area contributed by atoms with Crippen LogP contribution < -0.4 is 0 Å². The summed E-state index contributed by atoms with van der Waals surface area (Å²) >= 11 is 0. The quantitative estimate of drug-likeness (QED) is 0.689. The number of aliphatic hydroxyl groups excluding tert-OH is 1. The maximum Gasteiger partial charge on any atom is 0.303 e. The molecule has 30 heavy (non-hydrogen) atoms. The predicted molar refractivity (Wildman–Crippen MR) is 108 cm³/mol. The Morgan fingerprint density at radius 3 is 2.43 bits per heavy atom. The van der Waals surface area contributed by atoms with Crippen LogP contribution in [-0.4, -0.2) is 40.0 Å². The number of ketones is 2. The molecule has 4 rings (SSSR count). The van der Waals surface area contributed by atoms with Crippen LogP contribution >= 0.6 is 0 Å². The highest BCUT2D eigenvalue weighted by molar-refractivity contribution is 5.93. The second-order valence-corrected chi connectivity index (χ2v) is 10.7. The molecular formula is C24H33FO5. The number of aliphatic hydroxyl groups is 1. The first-order valence-corrected chi connectivity index (χ1v) is 11.2. The molecule has 0 aromatic carbocycles. The summed E-state index contributed by atoms with van der Waals surface area (Å²) in [6.07, 6.45) is 2.82. The number of alkyl halides is 1. The Hall–Kier alpha value is -1.56. The molecule has 6 heteroatoms. The van der Waals surface area contributed by atoms with Gasteiger partial charge in [-0.05, 0) is 57.4 Å². The van der Waals surface area contributed by atoms with Crippen molar-refractivity contribution in [1.82, 2.24) is 0 Å². The first kappa shape index (κ1) is 21.7. The molecule has 0 aromatic heterocycles. The van der Waals surface area contributed by atoms with E-state index in [9.17, 15) is 19.5 Å². The number of hydrogen-bond acceptors (Lipinski definition) is 5. The summed E-state index contributed by atoms with van der Waals surface area (Å²) in [6.45, 7) is 8.29. The molecule has 0 amide bonds. The first-order valence-electron chi connectivity index (χ1n) is 11.2. The van der Waals surface area contributed by atoms with Crippen molar-refractivity contribution in [2.75, 3.05) is 0 Å². The lowest BCUT2D eigenvalue weighted by molar-refractivity contribution is -0.232. The molecule has 0 saturated heterocycles. The number of carbonyl (C=O) groups excluding carboxylic acids is 3. The molecular weight excluding hydrogens is 387 g/mol. The Morgan fingerprint density at radius 2 is 1.83 bits per heavy atom. The number of ether oxygens (including phenoxy) is 1. The molecule has 1 N–H and O–H groups in total. The van der Waals surface area contributed by atoms with Gasteiger partial charge >= 0.3 is 5.97 Å². The largest absolute Gasteiger partial charge is 0.451 e. The van der Waals surface area contributed by atoms with Crippen LogP contribution in [0.3, 0.4) is 0 Å². The third kappa shape index (κ3) is 2.40. The molecule has 5 nitrogen and oxygen atoms in total. The Kier molecular flexibility index (Phi) is 4.67. The molecule has 166 valence electrons. The maximum absolute atomic E-state index is 17.2. The lowest BCUT2D eigenvalue weighted by atomic mass is 9.43. The third-order valence-electron chi connectivity index (χ3n) is 9.36. The van der Waals surface area contributed by atoms with Gasteiger partial charge in [0.25, 0.3) is 0 Å². The van der Waals surface area contributed by atoms with Gasteiger partial charge in [0.15, 0.2) is 17.2 Å². The van der Waals surface area contributed by atoms with Crippen LogP contribution in [0, 0.1) is 28.6 Å². The SMILES string of the molecule is CC(=O)OC1(C(C)=O)CCC2C3CCC4=CC(=O)C(C)CC4(C)C3(F)C(O)CC21C. The number of fused-ring (bicyclic) bond motifs is 5. The highest BCUT2D eigenvalue weighted by Gasteiger charge is 2.75. The molecule has 4 aliphatic carbocycles. The summed E-state index contributed by atoms with van der Waals surface area (Å²) < 4.78 is 22.8. The number of halogens is 1. The zero-order valence-electron chi connectivity index (χ0n) is 18.6. The Bertz CT molecular complexity index is 851. The first-order chi connectivity index (χ1) is 13.8. The van der Waals surface area contributed by atoms with Gasteiger partial charge in [-0.15, -0.1) is 0 Å². The zero-order chi connectivity index (χ0) is 22.3. The molecule has 0 heterocycles. The van der Waals surface area contributed by atoms with Crippen LogP contribution in [0.2, 0.25) is 0 Å². The fraction of sp³-hybridized carbons (Fsp3) is 0.792. The van der Waals surface area contributed by atoms with Gasteiger partial charge in [0, 0.05) is 29.6 Å². The molecule has 0 bridgehead atoms. The fourth-order valence-electron chi connectivity index (χ4n) is 7.94. The molecule has 0 radical (unpaired) electrons. The minimum atomic E-state index is -1.88. The number of hydrogen-bond donors (Lipinski definition) is 1. The van der Waals surface area contributed by atoms with Crippen LogP contribution in [-0.2, 0) is 19.1 Å². The molecule has 8 unspecified atom stereocenters. The van der Waals surface area contributed by atoms with Gasteiger partial charge in [-0.2, -0.15) is 0 Å². The van der Waals surface area contributed by atoms with E-state index in [0.29, 0.717) is 32.1 Å². The van der Waals surface area contributed by atoms with Crippen LogP contribution in [0.1, 0.15) is 73.1 Å². The van der Waals surface area contributed by atoms with Crippen molar-refractivity contribution in [2.24, 2.45) is 28.6 Å². The molecule has 8 atom stereocenters. The average molecular weight is 421 g/mol. The van der Waals surface area contributed by atoms with Crippen LogP contribution in [0.15, 0.2) is 11.6 Å². The average Bonchev–Trinajstić information content (AvgIpc) is 2.91. The number of esters is 1. The van der Waals surface area contributed by atoms with E-state index >= 15 is 4.39 Å². The van der Waals surface area contributed by atoms with Gasteiger partial charge in [-0.25, -0.2) is 4.39 Å². The van der Waals surface area contributed by atoms with Crippen molar-refractivity contribution in [2.45, 2.75) is 90.5 Å². The van der Waals surface area contributed by atoms with Crippen molar-refractivity contribution in [3.63, 3.8) is 0 Å². The number of Topliss-reactive ketones (excluding diaryl/α,β-unsaturated/α-hetero) is 1. The van der Waals surface area contributed by atoms with E-state index in [1.807, 2.05) is 20.8 Å². The van der Waals surface area contributed by atoms with Crippen LogP contribution in [0.4, 0.5) is 4.39 Å². The summed E-state index contributed by atoms with van der Waals surface area (Å²) in [5, 5.41) is 11.3. The monoisotopic (exact) mass is 420 g/mol. The minimum Gasteiger partial charge on any atom is -0.451 e. The van der Waals surface area contributed by atoms with Gasteiger partial charge in [-0.3, -0.25) is 14.4 Å². The van der Waals surface area contributed by atoms with Crippen molar-refractivity contribution in [3.05, 3.63) is 11.6 Å². The van der Waals surface area contributed by atoms with E-state index in [-0.39, 0.29) is 29.8 Å². The van der Waals surface area contributed by atoms with Crippen molar-refractivity contribution in [1.29, 1.82) is 0 Å². The summed E-state index contributed by atoms with van der Waals surface area (Å²) in [5.41, 5.74) is -4.12. The van der Waals surface area contributed by atoms with E-state index in [2.05, 4.69) is 0 Å². The van der Waals surface area contributed by atoms with Crippen LogP contribution in [0.25, 0.3) is 0 Å². The number of rotatable bonds is 2. The normalized spacial score (nSPS) is 50.1. The standard InChI is InChI=1S/C24H33FO5/c1-13-11-21(4)16(10-19(13)28)6-7-18-17-8-9-23(14(2)26,30-15(3)27)22(17,5)12-20(29)24(18,21)25/h10,13,17-18,20,29H,6-9,11-12H2,1-5H3.